The number of sulfonamides is 1. The molecule has 1 heterocycles. The Morgan fingerprint density at radius 3 is 2.48 bits per heavy atom. The standard InChI is InChI=1S/C17H19BrN2O6S/c1-10-14(18)8-13(17(21)26-4)16(20-10)27(22,23)19-9-11-5-6-12(24-2)7-15(11)25-3/h5-8,19H,9H2,1-4H3. The second kappa shape index (κ2) is 8.68. The molecule has 0 saturated heterocycles. The fourth-order valence-corrected chi connectivity index (χ4v) is 3.75. The Labute approximate surface area is 166 Å². The van der Waals surface area contributed by atoms with Crippen molar-refractivity contribution in [3.8, 4) is 11.5 Å². The van der Waals surface area contributed by atoms with Crippen molar-refractivity contribution < 1.29 is 27.4 Å². The molecule has 0 aliphatic heterocycles. The van der Waals surface area contributed by atoms with Gasteiger partial charge in [0.1, 0.15) is 11.5 Å². The van der Waals surface area contributed by atoms with Gasteiger partial charge in [0.25, 0.3) is 10.0 Å². The summed E-state index contributed by atoms with van der Waals surface area (Å²) in [6, 6.07) is 6.39. The monoisotopic (exact) mass is 458 g/mol. The minimum atomic E-state index is -4.09. The maximum Gasteiger partial charge on any atom is 0.340 e. The van der Waals surface area contributed by atoms with Crippen LogP contribution in [0.2, 0.25) is 0 Å². The molecule has 0 fully saturated rings. The zero-order valence-corrected chi connectivity index (χ0v) is 17.6. The molecule has 0 amide bonds. The maximum absolute atomic E-state index is 12.8. The minimum absolute atomic E-state index is 0.0626. The number of benzene rings is 1. The lowest BCUT2D eigenvalue weighted by Crippen LogP contribution is -2.27. The van der Waals surface area contributed by atoms with Crippen molar-refractivity contribution in [1.29, 1.82) is 0 Å². The average molecular weight is 459 g/mol. The van der Waals surface area contributed by atoms with Gasteiger partial charge in [0.05, 0.1) is 32.6 Å². The van der Waals surface area contributed by atoms with Crippen molar-refractivity contribution in [3.63, 3.8) is 0 Å². The van der Waals surface area contributed by atoms with Crippen LogP contribution in [0.15, 0.2) is 33.8 Å². The number of methoxy groups -OCH3 is 3. The summed E-state index contributed by atoms with van der Waals surface area (Å²) in [7, 11) is 0.0699. The van der Waals surface area contributed by atoms with Gasteiger partial charge in [0.2, 0.25) is 0 Å². The molecule has 146 valence electrons. The summed E-state index contributed by atoms with van der Waals surface area (Å²) in [4.78, 5) is 16.0. The van der Waals surface area contributed by atoms with E-state index in [4.69, 9.17) is 9.47 Å². The number of ether oxygens (including phenoxy) is 3. The number of carbonyl (C=O) groups excluding carboxylic acids is 1. The van der Waals surface area contributed by atoms with Crippen molar-refractivity contribution in [2.75, 3.05) is 21.3 Å². The molecule has 0 bridgehead atoms. The van der Waals surface area contributed by atoms with Crippen LogP contribution in [-0.2, 0) is 21.3 Å². The Kier molecular flexibility index (Phi) is 6.79. The van der Waals surface area contributed by atoms with Crippen molar-refractivity contribution in [2.24, 2.45) is 0 Å². The number of nitrogens with zero attached hydrogens (tertiary/aromatic N) is 1. The number of nitrogens with one attached hydrogen (secondary N) is 1. The molecule has 0 unspecified atom stereocenters. The molecule has 8 nitrogen and oxygen atoms in total. The molecule has 0 saturated carbocycles. The molecule has 10 heteroatoms. The van der Waals surface area contributed by atoms with Gasteiger partial charge in [-0.3, -0.25) is 0 Å². The van der Waals surface area contributed by atoms with Crippen LogP contribution in [0.1, 0.15) is 21.6 Å². The molecule has 1 N–H and O–H groups in total. The van der Waals surface area contributed by atoms with Crippen LogP contribution in [0.25, 0.3) is 0 Å². The second-order valence-electron chi connectivity index (χ2n) is 5.40. The van der Waals surface area contributed by atoms with E-state index >= 15 is 0 Å². The predicted octanol–water partition coefficient (Wildman–Crippen LogP) is 2.43. The molecule has 27 heavy (non-hydrogen) atoms. The number of halogens is 1. The third-order valence-electron chi connectivity index (χ3n) is 3.72. The van der Waals surface area contributed by atoms with Crippen molar-refractivity contribution >= 4 is 31.9 Å². The lowest BCUT2D eigenvalue weighted by Gasteiger charge is -2.13. The van der Waals surface area contributed by atoms with Crippen molar-refractivity contribution in [1.82, 2.24) is 9.71 Å². The molecule has 1 aromatic heterocycles. The summed E-state index contributed by atoms with van der Waals surface area (Å²) in [6.45, 7) is 1.56. The zero-order chi connectivity index (χ0) is 20.2. The molecular weight excluding hydrogens is 440 g/mol. The Bertz CT molecular complexity index is 962. The largest absolute Gasteiger partial charge is 0.497 e. The van der Waals surface area contributed by atoms with Gasteiger partial charge in [-0.25, -0.2) is 22.9 Å². The van der Waals surface area contributed by atoms with Gasteiger partial charge in [-0.05, 0) is 35.0 Å². The molecule has 0 radical (unpaired) electrons. The molecule has 0 aliphatic carbocycles. The fourth-order valence-electron chi connectivity index (χ4n) is 2.26. The van der Waals surface area contributed by atoms with E-state index in [0.717, 1.165) is 0 Å². The number of hydrogen-bond donors (Lipinski definition) is 1. The van der Waals surface area contributed by atoms with Gasteiger partial charge in [0.15, 0.2) is 5.03 Å². The summed E-state index contributed by atoms with van der Waals surface area (Å²) >= 11 is 3.24. The number of aryl methyl sites for hydroxylation is 1. The van der Waals surface area contributed by atoms with Crippen LogP contribution in [0.3, 0.4) is 0 Å². The SMILES string of the molecule is COC(=O)c1cc(Br)c(C)nc1S(=O)(=O)NCc1ccc(OC)cc1OC. The smallest absolute Gasteiger partial charge is 0.340 e. The average Bonchev–Trinajstić information content (AvgIpc) is 2.67. The van der Waals surface area contributed by atoms with Crippen LogP contribution in [-0.4, -0.2) is 40.7 Å². The van der Waals surface area contributed by atoms with E-state index in [1.165, 1.54) is 27.4 Å². The summed E-state index contributed by atoms with van der Waals surface area (Å²) in [6.07, 6.45) is 0. The molecule has 0 aliphatic rings. The number of rotatable bonds is 7. The summed E-state index contributed by atoms with van der Waals surface area (Å²) < 4.78 is 43.5. The van der Waals surface area contributed by atoms with E-state index in [9.17, 15) is 13.2 Å². The lowest BCUT2D eigenvalue weighted by atomic mass is 10.2. The Morgan fingerprint density at radius 2 is 1.89 bits per heavy atom. The van der Waals surface area contributed by atoms with E-state index in [2.05, 4.69) is 30.4 Å². The lowest BCUT2D eigenvalue weighted by molar-refractivity contribution is 0.0595. The quantitative estimate of drug-likeness (QED) is 0.635. The highest BCUT2D eigenvalue weighted by atomic mass is 79.9. The van der Waals surface area contributed by atoms with Crippen LogP contribution in [0, 0.1) is 6.92 Å². The van der Waals surface area contributed by atoms with E-state index in [1.807, 2.05) is 0 Å². The molecule has 2 aromatic rings. The van der Waals surface area contributed by atoms with E-state index in [0.29, 0.717) is 27.2 Å². The third-order valence-corrected chi connectivity index (χ3v) is 5.87. The van der Waals surface area contributed by atoms with Crippen LogP contribution >= 0.6 is 15.9 Å². The molecule has 2 rings (SSSR count). The summed E-state index contributed by atoms with van der Waals surface area (Å²) in [5.41, 5.74) is 0.851. The number of aromatic nitrogens is 1. The maximum atomic E-state index is 12.8. The highest BCUT2D eigenvalue weighted by Crippen LogP contribution is 2.26. The molecule has 1 aromatic carbocycles. The first kappa shape index (κ1) is 21.1. The Morgan fingerprint density at radius 1 is 1.19 bits per heavy atom. The highest BCUT2D eigenvalue weighted by Gasteiger charge is 2.26. The Balaban J connectivity index is 2.38. The van der Waals surface area contributed by atoms with Crippen LogP contribution in [0.4, 0.5) is 0 Å². The normalized spacial score (nSPS) is 11.1. The van der Waals surface area contributed by atoms with Gasteiger partial charge >= 0.3 is 5.97 Å². The third kappa shape index (κ3) is 4.76. The first-order chi connectivity index (χ1) is 12.7. The molecule has 0 spiro atoms. The van der Waals surface area contributed by atoms with Gasteiger partial charge in [-0.1, -0.05) is 6.07 Å². The number of hydrogen-bond acceptors (Lipinski definition) is 7. The van der Waals surface area contributed by atoms with Crippen LogP contribution in [0.5, 0.6) is 11.5 Å². The van der Waals surface area contributed by atoms with Gasteiger partial charge < -0.3 is 14.2 Å². The Hall–Kier alpha value is -2.17. The van der Waals surface area contributed by atoms with Crippen molar-refractivity contribution in [3.05, 3.63) is 45.6 Å². The second-order valence-corrected chi connectivity index (χ2v) is 7.94. The van der Waals surface area contributed by atoms with Gasteiger partial charge in [-0.15, -0.1) is 0 Å². The highest BCUT2D eigenvalue weighted by molar-refractivity contribution is 9.10. The first-order valence-electron chi connectivity index (χ1n) is 7.69. The topological polar surface area (TPSA) is 104 Å². The minimum Gasteiger partial charge on any atom is -0.497 e. The summed E-state index contributed by atoms with van der Waals surface area (Å²) in [5, 5.41) is -0.400. The van der Waals surface area contributed by atoms with Crippen LogP contribution < -0.4 is 14.2 Å². The van der Waals surface area contributed by atoms with Crippen molar-refractivity contribution in [2.45, 2.75) is 18.5 Å². The van der Waals surface area contributed by atoms with Gasteiger partial charge in [-0.2, -0.15) is 0 Å². The van der Waals surface area contributed by atoms with E-state index in [1.54, 1.807) is 25.1 Å². The predicted molar refractivity (Wildman–Crippen MR) is 102 cm³/mol. The molecular formula is C17H19BrN2O6S. The first-order valence-corrected chi connectivity index (χ1v) is 9.97. The van der Waals surface area contributed by atoms with E-state index in [-0.39, 0.29) is 12.1 Å². The molecule has 0 atom stereocenters. The zero-order valence-electron chi connectivity index (χ0n) is 15.2. The number of pyridine rings is 1. The number of carbonyl (C=O) groups is 1. The number of esters is 1. The van der Waals surface area contributed by atoms with E-state index < -0.39 is 21.0 Å². The van der Waals surface area contributed by atoms with Gasteiger partial charge in [0, 0.05) is 22.6 Å². The summed E-state index contributed by atoms with van der Waals surface area (Å²) in [5.74, 6) is 0.243. The fraction of sp³-hybridized carbons (Fsp3) is 0.294.